The molecule has 0 unspecified atom stereocenters. The fourth-order valence-corrected chi connectivity index (χ4v) is 5.76. The van der Waals surface area contributed by atoms with Crippen molar-refractivity contribution in [3.63, 3.8) is 0 Å². The average molecular weight is 523 g/mol. The molecule has 0 atom stereocenters. The molecule has 0 N–H and O–H groups in total. The number of allylic oxidation sites excluding steroid dienone is 1. The second kappa shape index (κ2) is 13.7. The van der Waals surface area contributed by atoms with Gasteiger partial charge in [-0.15, -0.1) is 0 Å². The first-order valence-corrected chi connectivity index (χ1v) is 14.7. The van der Waals surface area contributed by atoms with Crippen molar-refractivity contribution in [2.75, 3.05) is 33.3 Å². The molecule has 5 rings (SSSR count). The largest absolute Gasteiger partial charge is 0.494 e. The summed E-state index contributed by atoms with van der Waals surface area (Å²) in [5.41, 5.74) is 6.40. The number of unbranched alkanes of at least 4 members (excludes halogenated alkanes) is 2. The second-order valence-corrected chi connectivity index (χ2v) is 11.2. The van der Waals surface area contributed by atoms with Crippen LogP contribution in [0.15, 0.2) is 78.4 Å². The molecule has 0 spiro atoms. The highest BCUT2D eigenvalue weighted by molar-refractivity contribution is 6.15. The van der Waals surface area contributed by atoms with Gasteiger partial charge in [-0.05, 0) is 99.2 Å². The first-order valence-electron chi connectivity index (χ1n) is 14.7. The van der Waals surface area contributed by atoms with E-state index in [4.69, 9.17) is 4.74 Å². The predicted molar refractivity (Wildman–Crippen MR) is 160 cm³/mol. The molecule has 1 aliphatic heterocycles. The third-order valence-corrected chi connectivity index (χ3v) is 7.90. The normalized spacial score (nSPS) is 16.7. The summed E-state index contributed by atoms with van der Waals surface area (Å²) in [6, 6.07) is 25.1. The molecule has 4 nitrogen and oxygen atoms in total. The number of hydrogen-bond acceptors (Lipinski definition) is 4. The van der Waals surface area contributed by atoms with Gasteiger partial charge in [-0.3, -0.25) is 9.69 Å². The Balaban J connectivity index is 1.08. The lowest BCUT2D eigenvalue weighted by Crippen LogP contribution is -2.30. The summed E-state index contributed by atoms with van der Waals surface area (Å²) < 4.78 is 6.02. The monoisotopic (exact) mass is 522 g/mol. The number of ether oxygens (including phenoxy) is 1. The number of likely N-dealkylation sites (tertiary alicyclic amines) is 1. The van der Waals surface area contributed by atoms with Gasteiger partial charge in [0.2, 0.25) is 0 Å². The standard InChI is InChI=1S/C35H42N2O2/c1-36(26-29-11-5-2-6-12-29)27-30-15-13-28(14-16-30)23-32-24-31-17-18-33(25-34(31)35(32)38)39-22-10-4-9-21-37-19-7-3-8-20-37/h2,5-6,11-18,23,25H,3-4,7-10,19-22,24,26-27H2,1H3/b32-23+. The minimum Gasteiger partial charge on any atom is -0.494 e. The third-order valence-electron chi connectivity index (χ3n) is 7.90. The lowest BCUT2D eigenvalue weighted by molar-refractivity contribution is 0.104. The van der Waals surface area contributed by atoms with Crippen molar-refractivity contribution in [1.29, 1.82) is 0 Å². The van der Waals surface area contributed by atoms with Crippen molar-refractivity contribution in [2.24, 2.45) is 0 Å². The molecule has 1 saturated heterocycles. The molecule has 0 radical (unpaired) electrons. The van der Waals surface area contributed by atoms with E-state index in [2.05, 4.69) is 77.5 Å². The van der Waals surface area contributed by atoms with Gasteiger partial charge in [0.25, 0.3) is 0 Å². The molecule has 0 saturated carbocycles. The third kappa shape index (κ3) is 7.90. The van der Waals surface area contributed by atoms with Crippen LogP contribution in [0, 0.1) is 0 Å². The van der Waals surface area contributed by atoms with E-state index in [1.54, 1.807) is 0 Å². The number of benzene rings is 3. The van der Waals surface area contributed by atoms with Crippen LogP contribution in [0.25, 0.3) is 6.08 Å². The highest BCUT2D eigenvalue weighted by Gasteiger charge is 2.25. The second-order valence-electron chi connectivity index (χ2n) is 11.2. The van der Waals surface area contributed by atoms with E-state index >= 15 is 0 Å². The van der Waals surface area contributed by atoms with E-state index in [0.717, 1.165) is 47.5 Å². The Bertz CT molecular complexity index is 1240. The molecule has 1 aliphatic carbocycles. The molecule has 39 heavy (non-hydrogen) atoms. The number of nitrogens with zero attached hydrogens (tertiary/aromatic N) is 2. The number of carbonyl (C=O) groups is 1. The highest BCUT2D eigenvalue weighted by Crippen LogP contribution is 2.31. The van der Waals surface area contributed by atoms with Gasteiger partial charge in [-0.25, -0.2) is 0 Å². The van der Waals surface area contributed by atoms with E-state index in [1.807, 2.05) is 18.2 Å². The van der Waals surface area contributed by atoms with Crippen molar-refractivity contribution >= 4 is 11.9 Å². The Hall–Kier alpha value is -3.21. The van der Waals surface area contributed by atoms with Crippen molar-refractivity contribution in [3.05, 3.63) is 106 Å². The zero-order chi connectivity index (χ0) is 26.9. The van der Waals surface area contributed by atoms with Gasteiger partial charge in [0, 0.05) is 30.6 Å². The number of rotatable bonds is 12. The van der Waals surface area contributed by atoms with Crippen LogP contribution in [0.4, 0.5) is 0 Å². The SMILES string of the molecule is CN(Cc1ccccc1)Cc1ccc(/C=C2\Cc3ccc(OCCCCCN4CCCCC4)cc3C2=O)cc1. The number of ketones is 1. The lowest BCUT2D eigenvalue weighted by Gasteiger charge is -2.26. The van der Waals surface area contributed by atoms with Crippen LogP contribution in [-0.2, 0) is 19.5 Å². The topological polar surface area (TPSA) is 32.8 Å². The average Bonchev–Trinajstić information content (AvgIpc) is 3.27. The highest BCUT2D eigenvalue weighted by atomic mass is 16.5. The van der Waals surface area contributed by atoms with E-state index in [0.29, 0.717) is 13.0 Å². The molecule has 1 heterocycles. The zero-order valence-corrected chi connectivity index (χ0v) is 23.4. The fourth-order valence-electron chi connectivity index (χ4n) is 5.76. The molecule has 3 aromatic carbocycles. The summed E-state index contributed by atoms with van der Waals surface area (Å²) in [4.78, 5) is 18.1. The molecule has 0 amide bonds. The van der Waals surface area contributed by atoms with E-state index in [-0.39, 0.29) is 5.78 Å². The minimum absolute atomic E-state index is 0.128. The van der Waals surface area contributed by atoms with Crippen LogP contribution >= 0.6 is 0 Å². The van der Waals surface area contributed by atoms with E-state index in [1.165, 1.54) is 62.9 Å². The number of hydrogen-bond donors (Lipinski definition) is 0. The van der Waals surface area contributed by atoms with Gasteiger partial charge in [0.1, 0.15) is 5.75 Å². The summed E-state index contributed by atoms with van der Waals surface area (Å²) >= 11 is 0. The summed E-state index contributed by atoms with van der Waals surface area (Å²) in [6.45, 7) is 6.28. The summed E-state index contributed by atoms with van der Waals surface area (Å²) in [7, 11) is 2.14. The Kier molecular flexibility index (Phi) is 9.63. The van der Waals surface area contributed by atoms with E-state index < -0.39 is 0 Å². The van der Waals surface area contributed by atoms with Crippen molar-refractivity contribution in [3.8, 4) is 5.75 Å². The van der Waals surface area contributed by atoms with Gasteiger partial charge >= 0.3 is 0 Å². The maximum Gasteiger partial charge on any atom is 0.189 e. The van der Waals surface area contributed by atoms with Crippen LogP contribution in [0.5, 0.6) is 5.75 Å². The van der Waals surface area contributed by atoms with Crippen molar-refractivity contribution in [2.45, 2.75) is 58.0 Å². The Labute approximate surface area is 234 Å². The summed E-state index contributed by atoms with van der Waals surface area (Å²) in [6.07, 6.45) is 10.3. The maximum atomic E-state index is 13.2. The maximum absolute atomic E-state index is 13.2. The molecular formula is C35H42N2O2. The Morgan fingerprint density at radius 3 is 2.36 bits per heavy atom. The predicted octanol–water partition coefficient (Wildman–Crippen LogP) is 7.18. The zero-order valence-electron chi connectivity index (χ0n) is 23.4. The number of fused-ring (bicyclic) bond motifs is 1. The van der Waals surface area contributed by atoms with E-state index in [9.17, 15) is 4.79 Å². The Morgan fingerprint density at radius 2 is 1.59 bits per heavy atom. The van der Waals surface area contributed by atoms with Crippen LogP contribution in [0.3, 0.4) is 0 Å². The van der Waals surface area contributed by atoms with Gasteiger partial charge in [-0.1, -0.05) is 67.1 Å². The van der Waals surface area contributed by atoms with Crippen LogP contribution in [-0.4, -0.2) is 48.9 Å². The quantitative estimate of drug-likeness (QED) is 0.186. The molecule has 3 aromatic rings. The minimum atomic E-state index is 0.128. The number of piperidine rings is 1. The van der Waals surface area contributed by atoms with Crippen LogP contribution in [0.1, 0.15) is 71.1 Å². The van der Waals surface area contributed by atoms with Crippen molar-refractivity contribution < 1.29 is 9.53 Å². The summed E-state index contributed by atoms with van der Waals surface area (Å²) in [5, 5.41) is 0. The smallest absolute Gasteiger partial charge is 0.189 e. The molecule has 2 aliphatic rings. The fraction of sp³-hybridized carbons (Fsp3) is 0.400. The number of carbonyl (C=O) groups excluding carboxylic acids is 1. The molecule has 0 bridgehead atoms. The first kappa shape index (κ1) is 27.4. The molecular weight excluding hydrogens is 480 g/mol. The molecule has 4 heteroatoms. The van der Waals surface area contributed by atoms with Gasteiger partial charge in [0.05, 0.1) is 6.61 Å². The molecule has 204 valence electrons. The van der Waals surface area contributed by atoms with Gasteiger partial charge in [0.15, 0.2) is 5.78 Å². The van der Waals surface area contributed by atoms with Crippen molar-refractivity contribution in [1.82, 2.24) is 9.80 Å². The first-order chi connectivity index (χ1) is 19.1. The number of Topliss-reactive ketones (excluding diaryl/α,β-unsaturated/α-hetero) is 1. The lowest BCUT2D eigenvalue weighted by atomic mass is 10.1. The van der Waals surface area contributed by atoms with Gasteiger partial charge < -0.3 is 9.64 Å². The molecule has 1 fully saturated rings. The summed E-state index contributed by atoms with van der Waals surface area (Å²) in [5.74, 6) is 0.937. The van der Waals surface area contributed by atoms with Gasteiger partial charge in [-0.2, -0.15) is 0 Å². The van der Waals surface area contributed by atoms with Crippen LogP contribution in [0.2, 0.25) is 0 Å². The Morgan fingerprint density at radius 1 is 0.846 bits per heavy atom. The molecule has 0 aromatic heterocycles. The van der Waals surface area contributed by atoms with Crippen LogP contribution < -0.4 is 4.74 Å².